The third-order valence-corrected chi connectivity index (χ3v) is 6.17. The number of hydrogen-bond donors (Lipinski definition) is 0. The molecule has 0 aliphatic carbocycles. The fraction of sp³-hybridized carbons (Fsp3) is 0.538. The minimum absolute atomic E-state index is 0.222. The molecule has 1 heterocycles. The van der Waals surface area contributed by atoms with Crippen LogP contribution in [-0.2, 0) is 16.3 Å². The molecule has 1 saturated heterocycles. The van der Waals surface area contributed by atoms with Gasteiger partial charge in [-0.1, -0.05) is 28.1 Å². The summed E-state index contributed by atoms with van der Waals surface area (Å²) < 4.78 is 35.8. The molecule has 2 rings (SSSR count). The molecule has 0 bridgehead atoms. The zero-order chi connectivity index (χ0) is 13.2. The van der Waals surface area contributed by atoms with Crippen LogP contribution in [0, 0.1) is 17.7 Å². The lowest BCUT2D eigenvalue weighted by Gasteiger charge is -2.20. The third kappa shape index (κ3) is 3.54. The van der Waals surface area contributed by atoms with E-state index in [1.165, 1.54) is 12.1 Å². The summed E-state index contributed by atoms with van der Waals surface area (Å²) in [5.41, 5.74) is 1.06. The highest BCUT2D eigenvalue weighted by Gasteiger charge is 2.33. The molecule has 0 N–H and O–H groups in total. The molecule has 1 aliphatic rings. The Balaban J connectivity index is 2.04. The van der Waals surface area contributed by atoms with Gasteiger partial charge in [-0.05, 0) is 42.4 Å². The first kappa shape index (κ1) is 14.0. The molecular formula is C13H16BrFO2S. The second kappa shape index (κ2) is 5.70. The van der Waals surface area contributed by atoms with E-state index in [4.69, 9.17) is 0 Å². The molecule has 18 heavy (non-hydrogen) atoms. The summed E-state index contributed by atoms with van der Waals surface area (Å²) in [6.07, 6.45) is 1.55. The molecular weight excluding hydrogens is 319 g/mol. The van der Waals surface area contributed by atoms with Crippen molar-refractivity contribution in [1.29, 1.82) is 0 Å². The lowest BCUT2D eigenvalue weighted by atomic mass is 9.88. The zero-order valence-electron chi connectivity index (χ0n) is 9.98. The van der Waals surface area contributed by atoms with Crippen LogP contribution in [0.2, 0.25) is 0 Å². The number of alkyl halides is 1. The van der Waals surface area contributed by atoms with Gasteiger partial charge in [-0.3, -0.25) is 0 Å². The first-order valence-corrected chi connectivity index (χ1v) is 8.95. The molecule has 0 amide bonds. The Morgan fingerprint density at radius 2 is 2.00 bits per heavy atom. The van der Waals surface area contributed by atoms with Crippen LogP contribution in [0.4, 0.5) is 4.39 Å². The van der Waals surface area contributed by atoms with Crippen LogP contribution in [-0.4, -0.2) is 25.3 Å². The maximum absolute atomic E-state index is 12.8. The van der Waals surface area contributed by atoms with E-state index in [0.29, 0.717) is 17.4 Å². The van der Waals surface area contributed by atoms with Gasteiger partial charge in [0.2, 0.25) is 0 Å². The monoisotopic (exact) mass is 334 g/mol. The SMILES string of the molecule is O=S1(=O)CCC(C(CBr)Cc2ccc(F)cc2)C1. The topological polar surface area (TPSA) is 34.1 Å². The molecule has 100 valence electrons. The van der Waals surface area contributed by atoms with Gasteiger partial charge in [0, 0.05) is 5.33 Å². The smallest absolute Gasteiger partial charge is 0.150 e. The Morgan fingerprint density at radius 3 is 2.50 bits per heavy atom. The van der Waals surface area contributed by atoms with Gasteiger partial charge in [-0.15, -0.1) is 0 Å². The molecule has 0 radical (unpaired) electrons. The third-order valence-electron chi connectivity index (χ3n) is 3.54. The van der Waals surface area contributed by atoms with Crippen LogP contribution in [0.1, 0.15) is 12.0 Å². The van der Waals surface area contributed by atoms with E-state index in [0.717, 1.165) is 23.7 Å². The van der Waals surface area contributed by atoms with Crippen LogP contribution in [0.15, 0.2) is 24.3 Å². The van der Waals surface area contributed by atoms with Crippen molar-refractivity contribution in [3.63, 3.8) is 0 Å². The van der Waals surface area contributed by atoms with E-state index >= 15 is 0 Å². The number of hydrogen-bond acceptors (Lipinski definition) is 2. The molecule has 2 unspecified atom stereocenters. The number of rotatable bonds is 4. The predicted molar refractivity (Wildman–Crippen MR) is 74.1 cm³/mol. The lowest BCUT2D eigenvalue weighted by molar-refractivity contribution is 0.402. The molecule has 2 atom stereocenters. The maximum atomic E-state index is 12.8. The van der Waals surface area contributed by atoms with E-state index in [1.54, 1.807) is 12.1 Å². The highest BCUT2D eigenvalue weighted by atomic mass is 79.9. The van der Waals surface area contributed by atoms with Gasteiger partial charge in [-0.2, -0.15) is 0 Å². The van der Waals surface area contributed by atoms with Crippen LogP contribution in [0.25, 0.3) is 0 Å². The van der Waals surface area contributed by atoms with Gasteiger partial charge < -0.3 is 0 Å². The van der Waals surface area contributed by atoms with Gasteiger partial charge in [0.15, 0.2) is 9.84 Å². The summed E-state index contributed by atoms with van der Waals surface area (Å²) in [6.45, 7) is 0. The van der Waals surface area contributed by atoms with E-state index < -0.39 is 9.84 Å². The van der Waals surface area contributed by atoms with Gasteiger partial charge in [0.25, 0.3) is 0 Å². The minimum atomic E-state index is -2.83. The molecule has 1 aromatic rings. The summed E-state index contributed by atoms with van der Waals surface area (Å²) in [5.74, 6) is 0.888. The highest BCUT2D eigenvalue weighted by molar-refractivity contribution is 9.09. The maximum Gasteiger partial charge on any atom is 0.150 e. The Kier molecular flexibility index (Phi) is 4.43. The number of sulfone groups is 1. The zero-order valence-corrected chi connectivity index (χ0v) is 12.4. The van der Waals surface area contributed by atoms with Crippen LogP contribution in [0.3, 0.4) is 0 Å². The standard InChI is InChI=1S/C13H16BrFO2S/c14-8-12(11-5-6-18(16,17)9-11)7-10-1-3-13(15)4-2-10/h1-4,11-12H,5-9H2. The van der Waals surface area contributed by atoms with Gasteiger partial charge in [0.1, 0.15) is 5.82 Å². The van der Waals surface area contributed by atoms with Gasteiger partial charge in [0.05, 0.1) is 11.5 Å². The molecule has 1 aromatic carbocycles. The van der Waals surface area contributed by atoms with E-state index in [2.05, 4.69) is 15.9 Å². The van der Waals surface area contributed by atoms with E-state index in [9.17, 15) is 12.8 Å². The van der Waals surface area contributed by atoms with Crippen LogP contribution >= 0.6 is 15.9 Å². The van der Waals surface area contributed by atoms with Gasteiger partial charge in [-0.25, -0.2) is 12.8 Å². The average Bonchev–Trinajstić information content (AvgIpc) is 2.69. The highest BCUT2D eigenvalue weighted by Crippen LogP contribution is 2.29. The normalized spacial score (nSPS) is 24.0. The Morgan fingerprint density at radius 1 is 1.33 bits per heavy atom. The molecule has 1 fully saturated rings. The van der Waals surface area contributed by atoms with Crippen molar-refractivity contribution >= 4 is 25.8 Å². The van der Waals surface area contributed by atoms with Crippen LogP contribution < -0.4 is 0 Å². The second-order valence-electron chi connectivity index (χ2n) is 4.91. The summed E-state index contributed by atoms with van der Waals surface area (Å²) in [6, 6.07) is 6.45. The summed E-state index contributed by atoms with van der Waals surface area (Å²) in [5, 5.41) is 0.782. The Hall–Kier alpha value is -0.420. The molecule has 0 spiro atoms. The van der Waals surface area contributed by atoms with Crippen molar-refractivity contribution in [2.75, 3.05) is 16.8 Å². The number of benzene rings is 1. The first-order chi connectivity index (χ1) is 8.50. The molecule has 1 aliphatic heterocycles. The van der Waals surface area contributed by atoms with Gasteiger partial charge >= 0.3 is 0 Å². The van der Waals surface area contributed by atoms with Crippen LogP contribution in [0.5, 0.6) is 0 Å². The van der Waals surface area contributed by atoms with Crippen molar-refractivity contribution in [3.8, 4) is 0 Å². The largest absolute Gasteiger partial charge is 0.229 e. The predicted octanol–water partition coefficient (Wildman–Crippen LogP) is 2.81. The Bertz CT molecular complexity index is 498. The fourth-order valence-corrected chi connectivity index (χ4v) is 5.14. The van der Waals surface area contributed by atoms with Crippen molar-refractivity contribution < 1.29 is 12.8 Å². The van der Waals surface area contributed by atoms with E-state index in [1.807, 2.05) is 0 Å². The summed E-state index contributed by atoms with van der Waals surface area (Å²) >= 11 is 3.47. The lowest BCUT2D eigenvalue weighted by Crippen LogP contribution is -2.20. The van der Waals surface area contributed by atoms with Crippen molar-refractivity contribution in [3.05, 3.63) is 35.6 Å². The minimum Gasteiger partial charge on any atom is -0.229 e. The van der Waals surface area contributed by atoms with Crippen molar-refractivity contribution in [1.82, 2.24) is 0 Å². The quantitative estimate of drug-likeness (QED) is 0.793. The van der Waals surface area contributed by atoms with E-state index in [-0.39, 0.29) is 11.7 Å². The Labute approximate surface area is 116 Å². The first-order valence-electron chi connectivity index (χ1n) is 6.01. The fourth-order valence-electron chi connectivity index (χ4n) is 2.47. The van der Waals surface area contributed by atoms with Crippen molar-refractivity contribution in [2.45, 2.75) is 12.8 Å². The average molecular weight is 335 g/mol. The van der Waals surface area contributed by atoms with Crippen molar-refractivity contribution in [2.24, 2.45) is 11.8 Å². The summed E-state index contributed by atoms with van der Waals surface area (Å²) in [7, 11) is -2.83. The molecule has 0 aromatic heterocycles. The summed E-state index contributed by atoms with van der Waals surface area (Å²) in [4.78, 5) is 0. The molecule has 2 nitrogen and oxygen atoms in total. The second-order valence-corrected chi connectivity index (χ2v) is 7.78. The molecule has 5 heteroatoms. The molecule has 0 saturated carbocycles. The number of halogens is 2.